The lowest BCUT2D eigenvalue weighted by atomic mass is 10.6. The minimum atomic E-state index is 0.950. The van der Waals surface area contributed by atoms with Crippen LogP contribution in [-0.2, 0) is 0 Å². The molecule has 0 aromatic carbocycles. The summed E-state index contributed by atoms with van der Waals surface area (Å²) in [5.41, 5.74) is 0. The summed E-state index contributed by atoms with van der Waals surface area (Å²) >= 11 is 3.01. The summed E-state index contributed by atoms with van der Waals surface area (Å²) in [7, 11) is 0. The van der Waals surface area contributed by atoms with Gasteiger partial charge in [-0.25, -0.2) is 0 Å². The maximum atomic E-state index is 8.29. The Labute approximate surface area is 68.5 Å². The first-order chi connectivity index (χ1) is 4.74. The van der Waals surface area contributed by atoms with E-state index in [1.54, 1.807) is 0 Å². The van der Waals surface area contributed by atoms with E-state index in [4.69, 9.17) is 5.26 Å². The van der Waals surface area contributed by atoms with Gasteiger partial charge in [-0.3, -0.25) is 0 Å². The second-order valence-electron chi connectivity index (χ2n) is 1.64. The molecule has 0 unspecified atom stereocenters. The van der Waals surface area contributed by atoms with E-state index in [-0.39, 0.29) is 0 Å². The highest BCUT2D eigenvalue weighted by atomic mass is 32.2. The van der Waals surface area contributed by atoms with Gasteiger partial charge in [-0.1, -0.05) is 36.7 Å². The molecule has 0 aliphatic carbocycles. The molecular formula is C7H5NS2. The monoisotopic (exact) mass is 167 g/mol. The van der Waals surface area contributed by atoms with Crippen molar-refractivity contribution in [3.8, 4) is 6.07 Å². The Morgan fingerprint density at radius 2 is 1.80 bits per heavy atom. The summed E-state index contributed by atoms with van der Waals surface area (Å²) in [5, 5.41) is 8.29. The van der Waals surface area contributed by atoms with Crippen molar-refractivity contribution in [1.82, 2.24) is 0 Å². The zero-order valence-electron chi connectivity index (χ0n) is 5.26. The van der Waals surface area contributed by atoms with Crippen LogP contribution in [0.2, 0.25) is 0 Å². The van der Waals surface area contributed by atoms with E-state index in [1.807, 2.05) is 6.07 Å². The van der Waals surface area contributed by atoms with E-state index in [0.717, 1.165) is 14.0 Å². The minimum Gasteiger partial charge on any atom is -0.193 e. The van der Waals surface area contributed by atoms with Crippen molar-refractivity contribution in [3.05, 3.63) is 33.3 Å². The van der Waals surface area contributed by atoms with Crippen LogP contribution >= 0.6 is 23.5 Å². The average molecular weight is 167 g/mol. The van der Waals surface area contributed by atoms with Crippen molar-refractivity contribution in [2.75, 3.05) is 0 Å². The number of hydrogen-bond acceptors (Lipinski definition) is 3. The Hall–Kier alpha value is -0.590. The smallest absolute Gasteiger partial charge is 0.0929 e. The number of hydrogen-bond donors (Lipinski definition) is 0. The molecule has 0 spiro atoms. The molecule has 0 aromatic heterocycles. The maximum absolute atomic E-state index is 8.29. The fraction of sp³-hybridized carbons (Fsp3) is 0. The Bertz CT molecular complexity index is 239. The fourth-order valence-corrected chi connectivity index (χ4v) is 2.45. The van der Waals surface area contributed by atoms with Crippen LogP contribution in [0.3, 0.4) is 0 Å². The van der Waals surface area contributed by atoms with Crippen molar-refractivity contribution >= 4 is 23.5 Å². The molecule has 0 aromatic rings. The molecule has 0 N–H and O–H groups in total. The van der Waals surface area contributed by atoms with Gasteiger partial charge in [0.1, 0.15) is 0 Å². The van der Waals surface area contributed by atoms with Gasteiger partial charge in [0.2, 0.25) is 0 Å². The molecule has 3 heteroatoms. The van der Waals surface area contributed by atoms with E-state index >= 15 is 0 Å². The summed E-state index contributed by atoms with van der Waals surface area (Å²) in [5.74, 6) is 0. The molecule has 1 aliphatic rings. The summed E-state index contributed by atoms with van der Waals surface area (Å²) < 4.78 is 0.970. The maximum Gasteiger partial charge on any atom is 0.0929 e. The van der Waals surface area contributed by atoms with Crippen LogP contribution in [0.25, 0.3) is 0 Å². The van der Waals surface area contributed by atoms with Gasteiger partial charge in [0.25, 0.3) is 0 Å². The van der Waals surface area contributed by atoms with Crippen LogP contribution in [0, 0.1) is 11.3 Å². The Morgan fingerprint density at radius 3 is 2.20 bits per heavy atom. The van der Waals surface area contributed by atoms with Crippen molar-refractivity contribution in [2.45, 2.75) is 0 Å². The van der Waals surface area contributed by atoms with E-state index in [1.165, 1.54) is 29.6 Å². The molecule has 1 aliphatic heterocycles. The SMILES string of the molecule is C=C1SC(=CC#N)SC1=C. The molecule has 0 bridgehead atoms. The topological polar surface area (TPSA) is 23.8 Å². The Morgan fingerprint density at radius 1 is 1.30 bits per heavy atom. The van der Waals surface area contributed by atoms with E-state index in [2.05, 4.69) is 13.2 Å². The summed E-state index contributed by atoms with van der Waals surface area (Å²) in [4.78, 5) is 1.90. The van der Waals surface area contributed by atoms with Crippen molar-refractivity contribution in [3.63, 3.8) is 0 Å². The van der Waals surface area contributed by atoms with Gasteiger partial charge in [0.05, 0.1) is 10.3 Å². The first kappa shape index (κ1) is 7.52. The average Bonchev–Trinajstić information content (AvgIpc) is 2.14. The molecule has 1 saturated heterocycles. The molecule has 1 nitrogen and oxygen atoms in total. The molecule has 0 saturated carbocycles. The molecule has 0 radical (unpaired) electrons. The summed E-state index contributed by atoms with van der Waals surface area (Å²) in [6, 6.07) is 1.96. The lowest BCUT2D eigenvalue weighted by Gasteiger charge is -1.84. The molecule has 10 heavy (non-hydrogen) atoms. The van der Waals surface area contributed by atoms with Crippen LogP contribution < -0.4 is 0 Å². The number of thioether (sulfide) groups is 2. The number of rotatable bonds is 0. The molecule has 0 amide bonds. The van der Waals surface area contributed by atoms with Crippen molar-refractivity contribution < 1.29 is 0 Å². The zero-order valence-corrected chi connectivity index (χ0v) is 6.89. The van der Waals surface area contributed by atoms with Crippen LogP contribution in [0.15, 0.2) is 33.3 Å². The highest BCUT2D eigenvalue weighted by Gasteiger charge is 2.15. The van der Waals surface area contributed by atoms with Gasteiger partial charge in [0, 0.05) is 15.9 Å². The third kappa shape index (κ3) is 1.47. The van der Waals surface area contributed by atoms with Crippen LogP contribution in [0.1, 0.15) is 0 Å². The standard InChI is InChI=1S/C7H5NS2/c1-5-6(2)10-7(9-5)3-4-8/h3H,1-2H2. The van der Waals surface area contributed by atoms with E-state index in [9.17, 15) is 0 Å². The highest BCUT2D eigenvalue weighted by Crippen LogP contribution is 2.50. The van der Waals surface area contributed by atoms with Crippen molar-refractivity contribution in [2.24, 2.45) is 0 Å². The van der Waals surface area contributed by atoms with Gasteiger partial charge >= 0.3 is 0 Å². The first-order valence-electron chi connectivity index (χ1n) is 2.57. The Kier molecular flexibility index (Phi) is 2.25. The van der Waals surface area contributed by atoms with Gasteiger partial charge in [-0.2, -0.15) is 5.26 Å². The second-order valence-corrected chi connectivity index (χ2v) is 4.17. The van der Waals surface area contributed by atoms with Crippen LogP contribution in [0.4, 0.5) is 0 Å². The summed E-state index contributed by atoms with van der Waals surface area (Å²) in [6.07, 6.45) is 1.51. The lowest BCUT2D eigenvalue weighted by Crippen LogP contribution is -1.58. The molecule has 0 atom stereocenters. The normalized spacial score (nSPS) is 17.3. The Balaban J connectivity index is 2.78. The molecule has 1 rings (SSSR count). The van der Waals surface area contributed by atoms with Gasteiger partial charge in [0.15, 0.2) is 0 Å². The third-order valence-electron chi connectivity index (χ3n) is 0.941. The van der Waals surface area contributed by atoms with E-state index < -0.39 is 0 Å². The lowest BCUT2D eigenvalue weighted by molar-refractivity contribution is 1.54. The number of allylic oxidation sites excluding steroid dienone is 1. The first-order valence-corrected chi connectivity index (χ1v) is 4.21. The number of nitriles is 1. The van der Waals surface area contributed by atoms with Crippen LogP contribution in [0.5, 0.6) is 0 Å². The minimum absolute atomic E-state index is 0.950. The largest absolute Gasteiger partial charge is 0.193 e. The van der Waals surface area contributed by atoms with E-state index in [0.29, 0.717) is 0 Å². The molecule has 50 valence electrons. The molecule has 1 heterocycles. The van der Waals surface area contributed by atoms with Gasteiger partial charge in [-0.05, 0) is 0 Å². The molecule has 1 fully saturated rings. The fourth-order valence-electron chi connectivity index (χ4n) is 0.489. The summed E-state index contributed by atoms with van der Waals surface area (Å²) in [6.45, 7) is 7.52. The predicted molar refractivity (Wildman–Crippen MR) is 47.2 cm³/mol. The van der Waals surface area contributed by atoms with Crippen LogP contribution in [-0.4, -0.2) is 0 Å². The zero-order chi connectivity index (χ0) is 7.56. The third-order valence-corrected chi connectivity index (χ3v) is 3.19. The van der Waals surface area contributed by atoms with Gasteiger partial charge < -0.3 is 0 Å². The number of nitrogens with zero attached hydrogens (tertiary/aromatic N) is 1. The molecular weight excluding hydrogens is 162 g/mol. The quantitative estimate of drug-likeness (QED) is 0.518. The highest BCUT2D eigenvalue weighted by molar-refractivity contribution is 8.29. The van der Waals surface area contributed by atoms with Gasteiger partial charge in [-0.15, -0.1) is 0 Å². The van der Waals surface area contributed by atoms with Crippen molar-refractivity contribution in [1.29, 1.82) is 5.26 Å². The predicted octanol–water partition coefficient (Wildman–Crippen LogP) is 2.86. The second kappa shape index (κ2) is 3.00.